The number of piperidine rings is 1. The number of carbonyl (C=O) groups excluding carboxylic acids is 1. The van der Waals surface area contributed by atoms with Crippen LogP contribution in [-0.2, 0) is 16.0 Å². The second-order valence-corrected chi connectivity index (χ2v) is 7.82. The first-order chi connectivity index (χ1) is 13.2. The largest absolute Gasteiger partial charge is 0.381 e. The van der Waals surface area contributed by atoms with E-state index in [0.717, 1.165) is 68.8 Å². The van der Waals surface area contributed by atoms with E-state index in [2.05, 4.69) is 21.9 Å². The van der Waals surface area contributed by atoms with Crippen LogP contribution in [0.4, 0.5) is 0 Å². The van der Waals surface area contributed by atoms with E-state index in [-0.39, 0.29) is 5.91 Å². The van der Waals surface area contributed by atoms with Crippen molar-refractivity contribution in [3.8, 4) is 0 Å². The Morgan fingerprint density at radius 2 is 1.89 bits per heavy atom. The molecule has 0 radical (unpaired) electrons. The van der Waals surface area contributed by atoms with Gasteiger partial charge in [-0.1, -0.05) is 12.1 Å². The van der Waals surface area contributed by atoms with Gasteiger partial charge in [0.15, 0.2) is 0 Å². The highest BCUT2D eigenvalue weighted by molar-refractivity contribution is 5.77. The molecule has 4 rings (SSSR count). The number of amides is 1. The zero-order valence-corrected chi connectivity index (χ0v) is 16.2. The lowest BCUT2D eigenvalue weighted by atomic mass is 9.98. The summed E-state index contributed by atoms with van der Waals surface area (Å²) in [7, 11) is 2.25. The molecule has 0 bridgehead atoms. The van der Waals surface area contributed by atoms with Gasteiger partial charge in [0.2, 0.25) is 5.91 Å². The van der Waals surface area contributed by atoms with Crippen molar-refractivity contribution in [1.29, 1.82) is 0 Å². The molecule has 0 unspecified atom stereocenters. The van der Waals surface area contributed by atoms with Crippen LogP contribution >= 0.6 is 0 Å². The van der Waals surface area contributed by atoms with E-state index < -0.39 is 0 Å². The molecule has 1 aromatic carbocycles. The van der Waals surface area contributed by atoms with E-state index in [1.54, 1.807) is 0 Å². The van der Waals surface area contributed by atoms with Gasteiger partial charge in [-0.25, -0.2) is 4.98 Å². The molecular weight excluding hydrogens is 340 g/mol. The van der Waals surface area contributed by atoms with Crippen molar-refractivity contribution in [2.45, 2.75) is 50.6 Å². The highest BCUT2D eigenvalue weighted by Gasteiger charge is 2.29. The average Bonchev–Trinajstić information content (AvgIpc) is 3.15. The Bertz CT molecular complexity index is 727. The number of hydrogen-bond donors (Lipinski definition) is 1. The van der Waals surface area contributed by atoms with Crippen LogP contribution in [0.3, 0.4) is 0 Å². The molecule has 0 saturated carbocycles. The number of H-pyrrole nitrogens is 1. The Kier molecular flexibility index (Phi) is 5.74. The Hall–Kier alpha value is -1.92. The van der Waals surface area contributed by atoms with Crippen LogP contribution in [0, 0.1) is 0 Å². The van der Waals surface area contributed by atoms with Crippen LogP contribution in [0.5, 0.6) is 0 Å². The number of carbonyl (C=O) groups is 1. The third-order valence-electron chi connectivity index (χ3n) is 6.17. The first-order valence-corrected chi connectivity index (χ1v) is 10.2. The van der Waals surface area contributed by atoms with Gasteiger partial charge in [0.05, 0.1) is 11.0 Å². The Morgan fingerprint density at radius 3 is 2.63 bits per heavy atom. The molecule has 0 atom stereocenters. The lowest BCUT2D eigenvalue weighted by molar-refractivity contribution is -0.132. The normalized spacial score (nSPS) is 19.9. The molecule has 1 aromatic heterocycles. The lowest BCUT2D eigenvalue weighted by Crippen LogP contribution is -2.49. The maximum Gasteiger partial charge on any atom is 0.223 e. The molecule has 2 aliphatic rings. The van der Waals surface area contributed by atoms with E-state index in [4.69, 9.17) is 4.74 Å². The standard InChI is InChI=1S/C21H30N4O2/c1-24(17-10-14-27-15-11-17)16-8-12-25(13-9-16)21(26)7-6-20-22-18-4-2-3-5-19(18)23-20/h2-5,16-17H,6-15H2,1H3,(H,22,23). The summed E-state index contributed by atoms with van der Waals surface area (Å²) in [5.74, 6) is 1.15. The minimum absolute atomic E-state index is 0.252. The number of rotatable bonds is 5. The number of nitrogens with one attached hydrogen (secondary N) is 1. The van der Waals surface area contributed by atoms with Crippen molar-refractivity contribution < 1.29 is 9.53 Å². The molecule has 0 spiro atoms. The number of imidazole rings is 1. The Labute approximate surface area is 160 Å². The van der Waals surface area contributed by atoms with Gasteiger partial charge >= 0.3 is 0 Å². The molecule has 2 saturated heterocycles. The summed E-state index contributed by atoms with van der Waals surface area (Å²) in [6, 6.07) is 9.23. The molecule has 2 aromatic rings. The van der Waals surface area contributed by atoms with Crippen LogP contribution < -0.4 is 0 Å². The highest BCUT2D eigenvalue weighted by atomic mass is 16.5. The van der Waals surface area contributed by atoms with Crippen LogP contribution in [0.15, 0.2) is 24.3 Å². The molecule has 2 fully saturated rings. The summed E-state index contributed by atoms with van der Waals surface area (Å²) < 4.78 is 5.48. The third-order valence-corrected chi connectivity index (χ3v) is 6.17. The smallest absolute Gasteiger partial charge is 0.223 e. The Balaban J connectivity index is 1.24. The number of para-hydroxylation sites is 2. The Morgan fingerprint density at radius 1 is 1.19 bits per heavy atom. The number of ether oxygens (including phenoxy) is 1. The van der Waals surface area contributed by atoms with Crippen LogP contribution in [0.1, 0.15) is 37.9 Å². The molecule has 6 heteroatoms. The number of aromatic nitrogens is 2. The summed E-state index contributed by atoms with van der Waals surface area (Å²) in [5.41, 5.74) is 2.01. The van der Waals surface area contributed by atoms with Gasteiger partial charge in [-0.2, -0.15) is 0 Å². The number of fused-ring (bicyclic) bond motifs is 1. The van der Waals surface area contributed by atoms with E-state index >= 15 is 0 Å². The quantitative estimate of drug-likeness (QED) is 0.879. The molecular formula is C21H30N4O2. The fraction of sp³-hybridized carbons (Fsp3) is 0.619. The van der Waals surface area contributed by atoms with Crippen molar-refractivity contribution in [3.05, 3.63) is 30.1 Å². The van der Waals surface area contributed by atoms with Crippen molar-refractivity contribution in [2.24, 2.45) is 0 Å². The molecule has 2 aliphatic heterocycles. The molecule has 6 nitrogen and oxygen atoms in total. The van der Waals surface area contributed by atoms with Gasteiger partial charge < -0.3 is 19.5 Å². The van der Waals surface area contributed by atoms with Crippen molar-refractivity contribution >= 4 is 16.9 Å². The first kappa shape index (κ1) is 18.4. The van der Waals surface area contributed by atoms with Crippen LogP contribution in [0.2, 0.25) is 0 Å². The zero-order valence-electron chi connectivity index (χ0n) is 16.2. The van der Waals surface area contributed by atoms with E-state index in [1.807, 2.05) is 29.2 Å². The van der Waals surface area contributed by atoms with Crippen LogP contribution in [-0.4, -0.2) is 71.1 Å². The minimum atomic E-state index is 0.252. The summed E-state index contributed by atoms with van der Waals surface area (Å²) in [5, 5.41) is 0. The fourth-order valence-electron chi connectivity index (χ4n) is 4.42. The van der Waals surface area contributed by atoms with Gasteiger partial charge in [-0.05, 0) is 44.9 Å². The molecule has 1 amide bonds. The number of nitrogens with zero attached hydrogens (tertiary/aromatic N) is 3. The molecule has 27 heavy (non-hydrogen) atoms. The van der Waals surface area contributed by atoms with Crippen LogP contribution in [0.25, 0.3) is 11.0 Å². The van der Waals surface area contributed by atoms with E-state index in [1.165, 1.54) is 0 Å². The molecule has 1 N–H and O–H groups in total. The summed E-state index contributed by atoms with van der Waals surface area (Å²) in [6.07, 6.45) is 5.62. The topological polar surface area (TPSA) is 61.5 Å². The second kappa shape index (κ2) is 8.40. The van der Waals surface area contributed by atoms with Gasteiger partial charge in [0, 0.05) is 51.2 Å². The monoisotopic (exact) mass is 370 g/mol. The summed E-state index contributed by atoms with van der Waals surface area (Å²) in [4.78, 5) is 25.1. The van der Waals surface area contributed by atoms with Crippen molar-refractivity contribution in [2.75, 3.05) is 33.4 Å². The number of likely N-dealkylation sites (tertiary alicyclic amines) is 1. The maximum absolute atomic E-state index is 12.6. The average molecular weight is 370 g/mol. The fourth-order valence-corrected chi connectivity index (χ4v) is 4.42. The van der Waals surface area contributed by atoms with Gasteiger partial charge in [-0.15, -0.1) is 0 Å². The minimum Gasteiger partial charge on any atom is -0.381 e. The second-order valence-electron chi connectivity index (χ2n) is 7.82. The number of hydrogen-bond acceptors (Lipinski definition) is 4. The third kappa shape index (κ3) is 4.33. The van der Waals surface area contributed by atoms with E-state index in [9.17, 15) is 4.79 Å². The van der Waals surface area contributed by atoms with Gasteiger partial charge in [0.25, 0.3) is 0 Å². The summed E-state index contributed by atoms with van der Waals surface area (Å²) in [6.45, 7) is 3.51. The van der Waals surface area contributed by atoms with Crippen molar-refractivity contribution in [3.63, 3.8) is 0 Å². The molecule has 146 valence electrons. The molecule has 0 aliphatic carbocycles. The predicted octanol–water partition coefficient (Wildman–Crippen LogP) is 2.60. The van der Waals surface area contributed by atoms with Crippen molar-refractivity contribution in [1.82, 2.24) is 19.8 Å². The lowest BCUT2D eigenvalue weighted by Gasteiger charge is -2.41. The highest BCUT2D eigenvalue weighted by Crippen LogP contribution is 2.22. The zero-order chi connectivity index (χ0) is 18.6. The van der Waals surface area contributed by atoms with Gasteiger partial charge in [-0.3, -0.25) is 4.79 Å². The number of aromatic amines is 1. The molecule has 3 heterocycles. The number of aryl methyl sites for hydroxylation is 1. The SMILES string of the molecule is CN(C1CCOCC1)C1CCN(C(=O)CCc2nc3ccccc3[nH]2)CC1. The number of benzene rings is 1. The predicted molar refractivity (Wildman–Crippen MR) is 106 cm³/mol. The maximum atomic E-state index is 12.6. The van der Waals surface area contributed by atoms with E-state index in [0.29, 0.717) is 24.9 Å². The first-order valence-electron chi connectivity index (χ1n) is 10.2. The summed E-state index contributed by atoms with van der Waals surface area (Å²) >= 11 is 0. The van der Waals surface area contributed by atoms with Gasteiger partial charge in [0.1, 0.15) is 5.82 Å².